The molecule has 3 N–H and O–H groups in total. The maximum absolute atomic E-state index is 11.4. The number of unbranched alkanes of at least 4 members (excludes halogenated alkanes) is 1. The first-order valence-electron chi connectivity index (χ1n) is 5.36. The summed E-state index contributed by atoms with van der Waals surface area (Å²) < 4.78 is 0. The Bertz CT molecular complexity index is 224. The standard InChI is InChI=1S/C10H21N3O2S/c1-8(9(14)13-10(15)11-2)12-6-4-5-7-16-3/h8,12H,4-7H2,1-3H3,(H2,11,13,14,15). The lowest BCUT2D eigenvalue weighted by molar-refractivity contribution is -0.121. The molecule has 0 radical (unpaired) electrons. The third-order valence-electron chi connectivity index (χ3n) is 2.08. The zero-order chi connectivity index (χ0) is 12.4. The molecule has 0 saturated heterocycles. The molecule has 0 aromatic heterocycles. The van der Waals surface area contributed by atoms with Gasteiger partial charge in [-0.2, -0.15) is 11.8 Å². The van der Waals surface area contributed by atoms with E-state index in [1.807, 2.05) is 11.8 Å². The molecule has 3 amide bonds. The van der Waals surface area contributed by atoms with E-state index in [2.05, 4.69) is 22.2 Å². The molecule has 6 heteroatoms. The monoisotopic (exact) mass is 247 g/mol. The summed E-state index contributed by atoms with van der Waals surface area (Å²) in [6, 6.07) is -0.812. The maximum Gasteiger partial charge on any atom is 0.321 e. The number of imide groups is 1. The quantitative estimate of drug-likeness (QED) is 0.575. The average molecular weight is 247 g/mol. The molecular formula is C10H21N3O2S. The first-order valence-corrected chi connectivity index (χ1v) is 6.76. The fourth-order valence-corrected chi connectivity index (χ4v) is 1.56. The van der Waals surface area contributed by atoms with E-state index in [4.69, 9.17) is 0 Å². The van der Waals surface area contributed by atoms with Gasteiger partial charge in [0.2, 0.25) is 5.91 Å². The number of hydrogen-bond donors (Lipinski definition) is 3. The highest BCUT2D eigenvalue weighted by Gasteiger charge is 2.13. The Morgan fingerprint density at radius 3 is 2.56 bits per heavy atom. The predicted molar refractivity (Wildman–Crippen MR) is 67.7 cm³/mol. The number of hydrogen-bond acceptors (Lipinski definition) is 4. The van der Waals surface area contributed by atoms with Crippen LogP contribution in [0.1, 0.15) is 19.8 Å². The minimum absolute atomic E-state index is 0.302. The Balaban J connectivity index is 3.59. The highest BCUT2D eigenvalue weighted by atomic mass is 32.2. The molecule has 0 heterocycles. The highest BCUT2D eigenvalue weighted by molar-refractivity contribution is 7.98. The fraction of sp³-hybridized carbons (Fsp3) is 0.800. The second kappa shape index (κ2) is 9.47. The van der Waals surface area contributed by atoms with Crippen molar-refractivity contribution < 1.29 is 9.59 Å². The molecule has 16 heavy (non-hydrogen) atoms. The summed E-state index contributed by atoms with van der Waals surface area (Å²) in [5, 5.41) is 7.63. The van der Waals surface area contributed by atoms with Crippen molar-refractivity contribution in [1.29, 1.82) is 0 Å². The Morgan fingerprint density at radius 2 is 2.00 bits per heavy atom. The predicted octanol–water partition coefficient (Wildman–Crippen LogP) is 0.563. The van der Waals surface area contributed by atoms with Gasteiger partial charge in [-0.1, -0.05) is 0 Å². The van der Waals surface area contributed by atoms with Crippen LogP contribution in [-0.4, -0.2) is 43.6 Å². The van der Waals surface area contributed by atoms with Crippen LogP contribution >= 0.6 is 11.8 Å². The number of carbonyl (C=O) groups is 2. The third-order valence-corrected chi connectivity index (χ3v) is 2.78. The molecule has 0 saturated carbocycles. The number of urea groups is 1. The van der Waals surface area contributed by atoms with E-state index in [1.165, 1.54) is 7.05 Å². The van der Waals surface area contributed by atoms with E-state index in [0.29, 0.717) is 0 Å². The Hall–Kier alpha value is -0.750. The fourth-order valence-electron chi connectivity index (χ4n) is 1.07. The van der Waals surface area contributed by atoms with Gasteiger partial charge in [0.1, 0.15) is 0 Å². The van der Waals surface area contributed by atoms with Crippen LogP contribution in [-0.2, 0) is 4.79 Å². The van der Waals surface area contributed by atoms with Gasteiger partial charge in [0.15, 0.2) is 0 Å². The number of thioether (sulfide) groups is 1. The normalized spacial score (nSPS) is 11.9. The highest BCUT2D eigenvalue weighted by Crippen LogP contribution is 1.98. The van der Waals surface area contributed by atoms with Crippen LogP contribution < -0.4 is 16.0 Å². The van der Waals surface area contributed by atoms with Crippen LogP contribution in [0.4, 0.5) is 4.79 Å². The van der Waals surface area contributed by atoms with Crippen LogP contribution in [0.5, 0.6) is 0 Å². The van der Waals surface area contributed by atoms with Crippen LogP contribution in [0.15, 0.2) is 0 Å². The molecule has 0 aliphatic heterocycles. The van der Waals surface area contributed by atoms with Crippen LogP contribution in [0.25, 0.3) is 0 Å². The summed E-state index contributed by atoms with van der Waals surface area (Å²) in [5.41, 5.74) is 0. The lowest BCUT2D eigenvalue weighted by atomic mass is 10.3. The molecule has 0 aliphatic carbocycles. The average Bonchev–Trinajstić information content (AvgIpc) is 2.28. The summed E-state index contributed by atoms with van der Waals surface area (Å²) in [6.07, 6.45) is 4.25. The minimum atomic E-state index is -0.471. The smallest absolute Gasteiger partial charge is 0.321 e. The summed E-state index contributed by atoms with van der Waals surface area (Å²) in [7, 11) is 1.48. The molecule has 0 aliphatic rings. The summed E-state index contributed by atoms with van der Waals surface area (Å²) in [6.45, 7) is 2.54. The van der Waals surface area contributed by atoms with Crippen molar-refractivity contribution in [2.45, 2.75) is 25.8 Å². The Kier molecular flexibility index (Phi) is 9.03. The Labute approximate surface area is 101 Å². The lowest BCUT2D eigenvalue weighted by Gasteiger charge is -2.12. The first-order chi connectivity index (χ1) is 7.61. The second-order valence-corrected chi connectivity index (χ2v) is 4.43. The third kappa shape index (κ3) is 7.53. The molecule has 1 atom stereocenters. The zero-order valence-corrected chi connectivity index (χ0v) is 10.9. The van der Waals surface area contributed by atoms with Gasteiger partial charge in [0, 0.05) is 7.05 Å². The molecule has 5 nitrogen and oxygen atoms in total. The molecular weight excluding hydrogens is 226 g/mol. The molecule has 0 fully saturated rings. The molecule has 0 rings (SSSR count). The van der Waals surface area contributed by atoms with E-state index in [1.54, 1.807) is 6.92 Å². The van der Waals surface area contributed by atoms with Crippen molar-refractivity contribution >= 4 is 23.7 Å². The SMILES string of the molecule is CNC(=O)NC(=O)C(C)NCCCCSC. The molecule has 0 aromatic carbocycles. The summed E-state index contributed by atoms with van der Waals surface area (Å²) in [4.78, 5) is 22.3. The van der Waals surface area contributed by atoms with Crippen LogP contribution in [0.3, 0.4) is 0 Å². The van der Waals surface area contributed by atoms with Crippen molar-refractivity contribution in [3.8, 4) is 0 Å². The molecule has 0 spiro atoms. The van der Waals surface area contributed by atoms with E-state index in [9.17, 15) is 9.59 Å². The van der Waals surface area contributed by atoms with Crippen molar-refractivity contribution in [3.63, 3.8) is 0 Å². The van der Waals surface area contributed by atoms with E-state index >= 15 is 0 Å². The van der Waals surface area contributed by atoms with Crippen LogP contribution in [0.2, 0.25) is 0 Å². The van der Waals surface area contributed by atoms with Gasteiger partial charge >= 0.3 is 6.03 Å². The minimum Gasteiger partial charge on any atom is -0.341 e. The van der Waals surface area contributed by atoms with Gasteiger partial charge in [0.05, 0.1) is 6.04 Å². The molecule has 0 aromatic rings. The molecule has 94 valence electrons. The maximum atomic E-state index is 11.4. The van der Waals surface area contributed by atoms with Gasteiger partial charge in [-0.25, -0.2) is 4.79 Å². The summed E-state index contributed by atoms with van der Waals surface area (Å²) >= 11 is 1.82. The second-order valence-electron chi connectivity index (χ2n) is 3.44. The van der Waals surface area contributed by atoms with Crippen molar-refractivity contribution in [2.24, 2.45) is 0 Å². The summed E-state index contributed by atoms with van der Waals surface area (Å²) in [5.74, 6) is 0.838. The van der Waals surface area contributed by atoms with E-state index < -0.39 is 6.03 Å². The zero-order valence-electron chi connectivity index (χ0n) is 10.1. The first kappa shape index (κ1) is 15.2. The lowest BCUT2D eigenvalue weighted by Crippen LogP contribution is -2.47. The van der Waals surface area contributed by atoms with Gasteiger partial charge < -0.3 is 10.6 Å². The number of rotatable bonds is 7. The molecule has 0 bridgehead atoms. The van der Waals surface area contributed by atoms with Crippen molar-refractivity contribution in [3.05, 3.63) is 0 Å². The van der Waals surface area contributed by atoms with Crippen LogP contribution in [0, 0.1) is 0 Å². The topological polar surface area (TPSA) is 70.2 Å². The van der Waals surface area contributed by atoms with Gasteiger partial charge in [0.25, 0.3) is 0 Å². The van der Waals surface area contributed by atoms with Crippen molar-refractivity contribution in [1.82, 2.24) is 16.0 Å². The number of amides is 3. The Morgan fingerprint density at radius 1 is 1.31 bits per heavy atom. The largest absolute Gasteiger partial charge is 0.341 e. The van der Waals surface area contributed by atoms with Crippen molar-refractivity contribution in [2.75, 3.05) is 25.6 Å². The van der Waals surface area contributed by atoms with E-state index in [0.717, 1.165) is 25.1 Å². The van der Waals surface area contributed by atoms with Gasteiger partial charge in [-0.05, 0) is 38.3 Å². The van der Waals surface area contributed by atoms with Gasteiger partial charge in [-0.15, -0.1) is 0 Å². The number of carbonyl (C=O) groups excluding carboxylic acids is 2. The number of nitrogens with one attached hydrogen (secondary N) is 3. The van der Waals surface area contributed by atoms with Gasteiger partial charge in [-0.3, -0.25) is 10.1 Å². The molecule has 1 unspecified atom stereocenters. The van der Waals surface area contributed by atoms with E-state index in [-0.39, 0.29) is 11.9 Å².